The number of cyclic esters (lactones) is 1. The van der Waals surface area contributed by atoms with E-state index in [1.165, 1.54) is 11.8 Å². The van der Waals surface area contributed by atoms with Gasteiger partial charge < -0.3 is 14.8 Å². The number of unbranched alkanes of at least 4 members (excludes halogenated alkanes) is 1. The molecular weight excluding hydrogens is 388 g/mol. The second-order valence-corrected chi connectivity index (χ2v) is 8.51. The topological polar surface area (TPSA) is 76.7 Å². The van der Waals surface area contributed by atoms with Crippen LogP contribution in [0.1, 0.15) is 39.2 Å². The summed E-state index contributed by atoms with van der Waals surface area (Å²) in [4.78, 5) is 23.9. The smallest absolute Gasteiger partial charge is 0.412 e. The zero-order valence-corrected chi connectivity index (χ0v) is 17.7. The Balaban J connectivity index is 1.39. The second kappa shape index (κ2) is 9.22. The van der Waals surface area contributed by atoms with Crippen LogP contribution in [0.5, 0.6) is 5.75 Å². The molecule has 0 aliphatic carbocycles. The van der Waals surface area contributed by atoms with Crippen LogP contribution in [0.15, 0.2) is 47.4 Å². The molecule has 1 aliphatic heterocycles. The third kappa shape index (κ3) is 5.90. The van der Waals surface area contributed by atoms with E-state index in [1.807, 2.05) is 56.3 Å². The minimum absolute atomic E-state index is 0.0660. The fourth-order valence-electron chi connectivity index (χ4n) is 3.09. The normalized spacial score (nSPS) is 14.4. The largest absolute Gasteiger partial charge is 0.494 e. The lowest BCUT2D eigenvalue weighted by Crippen LogP contribution is -2.34. The average Bonchev–Trinajstić information content (AvgIpc) is 2.64. The van der Waals surface area contributed by atoms with E-state index in [4.69, 9.17) is 9.47 Å². The molecule has 0 saturated heterocycles. The van der Waals surface area contributed by atoms with Crippen LogP contribution in [0.4, 0.5) is 16.2 Å². The van der Waals surface area contributed by atoms with Gasteiger partial charge in [-0.2, -0.15) is 0 Å². The molecule has 2 aromatic carbocycles. The van der Waals surface area contributed by atoms with Crippen molar-refractivity contribution >= 4 is 35.1 Å². The number of hydrogen-bond donors (Lipinski definition) is 2. The number of nitrogens with one attached hydrogen (secondary N) is 2. The van der Waals surface area contributed by atoms with Gasteiger partial charge in [0.2, 0.25) is 5.91 Å². The van der Waals surface area contributed by atoms with Crippen molar-refractivity contribution in [1.29, 1.82) is 0 Å². The molecule has 154 valence electrons. The van der Waals surface area contributed by atoms with Crippen molar-refractivity contribution in [3.8, 4) is 5.75 Å². The lowest BCUT2D eigenvalue weighted by molar-refractivity contribution is -0.114. The zero-order chi connectivity index (χ0) is 20.9. The maximum Gasteiger partial charge on any atom is 0.412 e. The fraction of sp³-hybridized carbons (Fsp3) is 0.364. The Labute approximate surface area is 175 Å². The molecule has 0 bridgehead atoms. The highest BCUT2D eigenvalue weighted by atomic mass is 32.2. The SMILES string of the molecule is CC(=O)Nc1ccc(SCCCCOc2ccc3c(c2)NC(=O)OC3(C)C)cc1. The van der Waals surface area contributed by atoms with Crippen LogP contribution in [0.25, 0.3) is 0 Å². The molecule has 6 nitrogen and oxygen atoms in total. The summed E-state index contributed by atoms with van der Waals surface area (Å²) in [5, 5.41) is 5.49. The summed E-state index contributed by atoms with van der Waals surface area (Å²) in [7, 11) is 0. The summed E-state index contributed by atoms with van der Waals surface area (Å²) in [5.74, 6) is 1.67. The van der Waals surface area contributed by atoms with Gasteiger partial charge in [0, 0.05) is 29.1 Å². The predicted molar refractivity (Wildman–Crippen MR) is 116 cm³/mol. The van der Waals surface area contributed by atoms with Gasteiger partial charge in [0.25, 0.3) is 0 Å². The summed E-state index contributed by atoms with van der Waals surface area (Å²) < 4.78 is 11.2. The number of thioether (sulfide) groups is 1. The summed E-state index contributed by atoms with van der Waals surface area (Å²) in [5.41, 5.74) is 1.84. The number of hydrogen-bond acceptors (Lipinski definition) is 5. The van der Waals surface area contributed by atoms with Gasteiger partial charge in [-0.1, -0.05) is 0 Å². The molecule has 29 heavy (non-hydrogen) atoms. The van der Waals surface area contributed by atoms with Gasteiger partial charge in [0.05, 0.1) is 12.3 Å². The van der Waals surface area contributed by atoms with Crippen LogP contribution in [0.3, 0.4) is 0 Å². The standard InChI is InChI=1S/C22H26N2O4S/c1-15(25)23-16-6-9-18(10-7-16)29-13-5-4-12-27-17-8-11-19-20(14-17)24-21(26)28-22(19,2)3/h6-11,14H,4-5,12-13H2,1-3H3,(H,23,25)(H,24,26). The third-order valence-corrected chi connectivity index (χ3v) is 5.57. The number of ether oxygens (including phenoxy) is 2. The molecule has 0 spiro atoms. The minimum Gasteiger partial charge on any atom is -0.494 e. The van der Waals surface area contributed by atoms with Gasteiger partial charge in [-0.15, -0.1) is 11.8 Å². The quantitative estimate of drug-likeness (QED) is 0.447. The number of anilines is 2. The van der Waals surface area contributed by atoms with Gasteiger partial charge in [-0.3, -0.25) is 10.1 Å². The van der Waals surface area contributed by atoms with Crippen LogP contribution >= 0.6 is 11.8 Å². The predicted octanol–water partition coefficient (Wildman–Crippen LogP) is 5.39. The summed E-state index contributed by atoms with van der Waals surface area (Å²) >= 11 is 1.78. The van der Waals surface area contributed by atoms with E-state index in [9.17, 15) is 9.59 Å². The van der Waals surface area contributed by atoms with Crippen molar-refractivity contribution in [2.75, 3.05) is 23.0 Å². The first-order valence-electron chi connectivity index (χ1n) is 9.61. The van der Waals surface area contributed by atoms with Crippen molar-refractivity contribution in [3.05, 3.63) is 48.0 Å². The second-order valence-electron chi connectivity index (χ2n) is 7.34. The molecule has 1 heterocycles. The van der Waals surface area contributed by atoms with Gasteiger partial charge in [-0.05, 0) is 68.8 Å². The highest BCUT2D eigenvalue weighted by Crippen LogP contribution is 2.37. The minimum atomic E-state index is -0.645. The maximum atomic E-state index is 11.7. The molecule has 0 atom stereocenters. The molecule has 7 heteroatoms. The maximum absolute atomic E-state index is 11.7. The van der Waals surface area contributed by atoms with Crippen LogP contribution < -0.4 is 15.4 Å². The van der Waals surface area contributed by atoms with Crippen LogP contribution in [-0.2, 0) is 15.1 Å². The Kier molecular flexibility index (Phi) is 6.69. The first-order valence-corrected chi connectivity index (χ1v) is 10.6. The van der Waals surface area contributed by atoms with Crippen molar-refractivity contribution in [2.24, 2.45) is 0 Å². The van der Waals surface area contributed by atoms with Crippen LogP contribution in [0, 0.1) is 0 Å². The average molecular weight is 415 g/mol. The summed E-state index contributed by atoms with van der Waals surface area (Å²) in [6.45, 7) is 5.86. The van der Waals surface area contributed by atoms with Crippen molar-refractivity contribution in [2.45, 2.75) is 44.1 Å². The van der Waals surface area contributed by atoms with Crippen molar-refractivity contribution < 1.29 is 19.1 Å². The summed E-state index contributed by atoms with van der Waals surface area (Å²) in [6.07, 6.45) is 1.53. The lowest BCUT2D eigenvalue weighted by atomic mass is 9.95. The third-order valence-electron chi connectivity index (χ3n) is 4.48. The Bertz CT molecular complexity index is 881. The van der Waals surface area contributed by atoms with E-state index in [0.717, 1.165) is 41.3 Å². The first kappa shape index (κ1) is 21.0. The highest BCUT2D eigenvalue weighted by Gasteiger charge is 2.33. The number of carbonyl (C=O) groups excluding carboxylic acids is 2. The fourth-order valence-corrected chi connectivity index (χ4v) is 4.00. The van der Waals surface area contributed by atoms with E-state index in [0.29, 0.717) is 6.61 Å². The Morgan fingerprint density at radius 1 is 1.17 bits per heavy atom. The van der Waals surface area contributed by atoms with Gasteiger partial charge in [0.1, 0.15) is 11.4 Å². The lowest BCUT2D eigenvalue weighted by Gasteiger charge is -2.32. The van der Waals surface area contributed by atoms with Crippen molar-refractivity contribution in [3.63, 3.8) is 0 Å². The van der Waals surface area contributed by atoms with Gasteiger partial charge in [0.15, 0.2) is 0 Å². The monoisotopic (exact) mass is 414 g/mol. The number of amides is 2. The van der Waals surface area contributed by atoms with Crippen LogP contribution in [-0.4, -0.2) is 24.4 Å². The zero-order valence-electron chi connectivity index (χ0n) is 16.9. The van der Waals surface area contributed by atoms with E-state index in [1.54, 1.807) is 11.8 Å². The molecule has 0 fully saturated rings. The Morgan fingerprint density at radius 2 is 1.93 bits per heavy atom. The molecule has 3 rings (SSSR count). The number of carbonyl (C=O) groups is 2. The van der Waals surface area contributed by atoms with Crippen molar-refractivity contribution in [1.82, 2.24) is 0 Å². The van der Waals surface area contributed by atoms with Gasteiger partial charge >= 0.3 is 6.09 Å². The number of rotatable bonds is 8. The summed E-state index contributed by atoms with van der Waals surface area (Å²) in [6, 6.07) is 13.5. The van der Waals surface area contributed by atoms with Gasteiger partial charge in [-0.25, -0.2) is 4.79 Å². The molecule has 0 radical (unpaired) electrons. The molecule has 1 aliphatic rings. The van der Waals surface area contributed by atoms with E-state index >= 15 is 0 Å². The number of benzene rings is 2. The Morgan fingerprint density at radius 3 is 2.66 bits per heavy atom. The molecule has 0 aromatic heterocycles. The molecule has 2 aromatic rings. The Hall–Kier alpha value is -2.67. The molecule has 2 N–H and O–H groups in total. The first-order chi connectivity index (χ1) is 13.8. The molecular formula is C22H26N2O4S. The van der Waals surface area contributed by atoms with Crippen LogP contribution in [0.2, 0.25) is 0 Å². The molecule has 0 saturated carbocycles. The van der Waals surface area contributed by atoms with E-state index in [-0.39, 0.29) is 5.91 Å². The molecule has 0 unspecified atom stereocenters. The molecule has 2 amide bonds. The number of fused-ring (bicyclic) bond motifs is 1. The highest BCUT2D eigenvalue weighted by molar-refractivity contribution is 7.99. The van der Waals surface area contributed by atoms with E-state index < -0.39 is 11.7 Å². The van der Waals surface area contributed by atoms with E-state index in [2.05, 4.69) is 10.6 Å².